The number of halogens is 4. The van der Waals surface area contributed by atoms with Crippen LogP contribution < -0.4 is 0 Å². The van der Waals surface area contributed by atoms with Gasteiger partial charge in [-0.3, -0.25) is 10.1 Å². The summed E-state index contributed by atoms with van der Waals surface area (Å²) in [5, 5.41) is 11.0. The molecule has 21 heavy (non-hydrogen) atoms. The monoisotopic (exact) mass is 358 g/mol. The number of nitro groups is 1. The van der Waals surface area contributed by atoms with Crippen LogP contribution in [0, 0.1) is 16.2 Å². The van der Waals surface area contributed by atoms with Crippen molar-refractivity contribution in [3.05, 3.63) is 62.6 Å². The quantitative estimate of drug-likeness (QED) is 0.576. The lowest BCUT2D eigenvalue weighted by molar-refractivity contribution is -0.384. The molecule has 109 valence electrons. The Kier molecular flexibility index (Phi) is 4.32. The van der Waals surface area contributed by atoms with E-state index in [1.165, 1.54) is 36.4 Å². The molecule has 3 nitrogen and oxygen atoms in total. The van der Waals surface area contributed by atoms with Crippen molar-refractivity contribution in [1.82, 2.24) is 0 Å². The highest BCUT2D eigenvalue weighted by molar-refractivity contribution is 9.10. The first-order valence-electron chi connectivity index (χ1n) is 5.78. The van der Waals surface area contributed by atoms with Gasteiger partial charge in [0.25, 0.3) is 5.69 Å². The van der Waals surface area contributed by atoms with Gasteiger partial charge < -0.3 is 0 Å². The van der Waals surface area contributed by atoms with Gasteiger partial charge in [-0.1, -0.05) is 40.2 Å². The van der Waals surface area contributed by atoms with Crippen LogP contribution in [0.15, 0.2) is 40.9 Å². The predicted octanol–water partition coefficient (Wildman–Crippen LogP) is 4.93. The molecule has 2 rings (SSSR count). The molecular weight excluding hydrogens is 351 g/mol. The number of hydrogen-bond donors (Lipinski definition) is 0. The fraction of sp³-hybridized carbons (Fsp3) is 0.143. The summed E-state index contributed by atoms with van der Waals surface area (Å²) in [6.07, 6.45) is -5.40. The number of alkyl halides is 3. The van der Waals surface area contributed by atoms with Crippen molar-refractivity contribution >= 4 is 21.6 Å². The van der Waals surface area contributed by atoms with Crippen LogP contribution in [0.4, 0.5) is 18.9 Å². The Bertz CT molecular complexity index is 686. The Labute approximate surface area is 126 Å². The fourth-order valence-electron chi connectivity index (χ4n) is 1.92. The Hall–Kier alpha value is -1.89. The molecule has 1 radical (unpaired) electrons. The number of rotatable bonds is 3. The Morgan fingerprint density at radius 3 is 2.62 bits per heavy atom. The molecule has 7 heteroatoms. The van der Waals surface area contributed by atoms with Gasteiger partial charge >= 0.3 is 6.18 Å². The van der Waals surface area contributed by atoms with Crippen LogP contribution in [0.5, 0.6) is 0 Å². The maximum absolute atomic E-state index is 12.4. The van der Waals surface area contributed by atoms with E-state index in [0.29, 0.717) is 10.0 Å². The van der Waals surface area contributed by atoms with Crippen molar-refractivity contribution in [3.8, 4) is 11.1 Å². The Morgan fingerprint density at radius 2 is 2.00 bits per heavy atom. The molecule has 0 unspecified atom stereocenters. The molecule has 2 aromatic carbocycles. The topological polar surface area (TPSA) is 43.1 Å². The Balaban J connectivity index is 2.50. The van der Waals surface area contributed by atoms with Gasteiger partial charge in [-0.15, -0.1) is 0 Å². The molecule has 0 saturated carbocycles. The second-order valence-electron chi connectivity index (χ2n) is 4.33. The first kappa shape index (κ1) is 15.5. The minimum Gasteiger partial charge on any atom is -0.258 e. The first-order chi connectivity index (χ1) is 9.76. The molecular formula is C14H8BrF3NO2. The van der Waals surface area contributed by atoms with Crippen LogP contribution in [0.25, 0.3) is 11.1 Å². The maximum Gasteiger partial charge on any atom is 0.393 e. The first-order valence-corrected chi connectivity index (χ1v) is 6.57. The lowest BCUT2D eigenvalue weighted by Gasteiger charge is -2.09. The van der Waals surface area contributed by atoms with E-state index in [1.54, 1.807) is 0 Å². The summed E-state index contributed by atoms with van der Waals surface area (Å²) in [7, 11) is 0. The predicted molar refractivity (Wildman–Crippen MR) is 74.8 cm³/mol. The summed E-state index contributed by atoms with van der Waals surface area (Å²) in [6.45, 7) is 0. The summed E-state index contributed by atoms with van der Waals surface area (Å²) < 4.78 is 37.8. The van der Waals surface area contributed by atoms with Gasteiger partial charge in [0.15, 0.2) is 0 Å². The van der Waals surface area contributed by atoms with Crippen LogP contribution in [-0.2, 0) is 6.42 Å². The highest BCUT2D eigenvalue weighted by atomic mass is 79.9. The molecule has 0 aliphatic carbocycles. The number of benzene rings is 2. The molecule has 2 aromatic rings. The van der Waals surface area contributed by atoms with E-state index in [1.807, 2.05) is 0 Å². The summed E-state index contributed by atoms with van der Waals surface area (Å²) >= 11 is 3.15. The van der Waals surface area contributed by atoms with Crippen LogP contribution in [0.1, 0.15) is 5.56 Å². The van der Waals surface area contributed by atoms with E-state index in [9.17, 15) is 23.3 Å². The summed E-state index contributed by atoms with van der Waals surface area (Å²) in [4.78, 5) is 10.4. The lowest BCUT2D eigenvalue weighted by Crippen LogP contribution is -2.11. The van der Waals surface area contributed by atoms with E-state index in [0.717, 1.165) is 0 Å². The van der Waals surface area contributed by atoms with Crippen molar-refractivity contribution < 1.29 is 18.1 Å². The average molecular weight is 359 g/mol. The summed E-state index contributed by atoms with van der Waals surface area (Å²) in [6, 6.07) is 10.9. The third-order valence-electron chi connectivity index (χ3n) is 2.73. The molecule has 0 spiro atoms. The van der Waals surface area contributed by atoms with Crippen molar-refractivity contribution in [2.75, 3.05) is 0 Å². The molecule has 0 aromatic heterocycles. The summed E-state index contributed by atoms with van der Waals surface area (Å²) in [5.74, 6) is 0. The van der Waals surface area contributed by atoms with Crippen molar-refractivity contribution in [3.63, 3.8) is 0 Å². The SMILES string of the molecule is O=[N+]([O-])c1c[c]c(Br)cc1-c1cccc(CC(F)(F)F)c1. The van der Waals surface area contributed by atoms with E-state index in [2.05, 4.69) is 22.0 Å². The van der Waals surface area contributed by atoms with Crippen LogP contribution >= 0.6 is 15.9 Å². The maximum atomic E-state index is 12.4. The molecule has 0 heterocycles. The van der Waals surface area contributed by atoms with E-state index in [4.69, 9.17) is 0 Å². The largest absolute Gasteiger partial charge is 0.393 e. The van der Waals surface area contributed by atoms with Crippen molar-refractivity contribution in [2.24, 2.45) is 0 Å². The Morgan fingerprint density at radius 1 is 1.29 bits per heavy atom. The normalized spacial score (nSPS) is 11.4. The average Bonchev–Trinajstić information content (AvgIpc) is 2.36. The zero-order chi connectivity index (χ0) is 15.6. The van der Waals surface area contributed by atoms with Crippen molar-refractivity contribution in [1.29, 1.82) is 0 Å². The van der Waals surface area contributed by atoms with E-state index >= 15 is 0 Å². The molecule has 0 atom stereocenters. The van der Waals surface area contributed by atoms with Gasteiger partial charge in [-0.05, 0) is 17.2 Å². The molecule has 0 N–H and O–H groups in total. The third kappa shape index (κ3) is 4.04. The number of nitrogens with zero attached hydrogens (tertiary/aromatic N) is 1. The zero-order valence-corrected chi connectivity index (χ0v) is 12.0. The van der Waals surface area contributed by atoms with E-state index in [-0.39, 0.29) is 16.8 Å². The zero-order valence-electron chi connectivity index (χ0n) is 10.4. The van der Waals surface area contributed by atoms with Crippen LogP contribution in [0.3, 0.4) is 0 Å². The second-order valence-corrected chi connectivity index (χ2v) is 5.18. The summed E-state index contributed by atoms with van der Waals surface area (Å²) in [5.41, 5.74) is 0.452. The highest BCUT2D eigenvalue weighted by Gasteiger charge is 2.27. The van der Waals surface area contributed by atoms with Gasteiger partial charge in [0.05, 0.1) is 16.9 Å². The van der Waals surface area contributed by atoms with Crippen LogP contribution in [0.2, 0.25) is 0 Å². The molecule has 0 saturated heterocycles. The van der Waals surface area contributed by atoms with E-state index < -0.39 is 17.5 Å². The molecule has 0 bridgehead atoms. The van der Waals surface area contributed by atoms with Gasteiger partial charge in [0, 0.05) is 16.6 Å². The number of nitro benzene ring substituents is 1. The van der Waals surface area contributed by atoms with Crippen LogP contribution in [-0.4, -0.2) is 11.1 Å². The second kappa shape index (κ2) is 5.85. The van der Waals surface area contributed by atoms with Gasteiger partial charge in [0.1, 0.15) is 0 Å². The molecule has 0 aliphatic heterocycles. The van der Waals surface area contributed by atoms with Gasteiger partial charge in [-0.2, -0.15) is 13.2 Å². The molecule has 0 fully saturated rings. The van der Waals surface area contributed by atoms with Gasteiger partial charge in [0.2, 0.25) is 0 Å². The molecule has 0 aliphatic rings. The standard InChI is InChI=1S/C14H8BrF3NO2/c15-11-4-5-13(19(20)21)12(7-11)10-3-1-2-9(6-10)8-14(16,17)18/h1-3,5-7H,8H2. The fourth-order valence-corrected chi connectivity index (χ4v) is 2.26. The lowest BCUT2D eigenvalue weighted by atomic mass is 10.0. The molecule has 0 amide bonds. The van der Waals surface area contributed by atoms with Gasteiger partial charge in [-0.25, -0.2) is 0 Å². The minimum absolute atomic E-state index is 0.0539. The smallest absolute Gasteiger partial charge is 0.258 e. The third-order valence-corrected chi connectivity index (χ3v) is 3.19. The minimum atomic E-state index is -4.32. The number of hydrogen-bond acceptors (Lipinski definition) is 2. The highest BCUT2D eigenvalue weighted by Crippen LogP contribution is 2.33. The van der Waals surface area contributed by atoms with Crippen molar-refractivity contribution in [2.45, 2.75) is 12.6 Å².